The molecule has 0 fully saturated rings. The Hall–Kier alpha value is -3.30. The topological polar surface area (TPSA) is 84.9 Å². The van der Waals surface area contributed by atoms with E-state index in [1.165, 1.54) is 42.5 Å². The second kappa shape index (κ2) is 9.05. The summed E-state index contributed by atoms with van der Waals surface area (Å²) in [5, 5.41) is 3.01. The summed E-state index contributed by atoms with van der Waals surface area (Å²) in [4.78, 5) is 12.6. The molecule has 0 bridgehead atoms. The molecule has 1 amide bonds. The molecule has 1 N–H and O–H groups in total. The summed E-state index contributed by atoms with van der Waals surface area (Å²) < 4.78 is 52.6. The van der Waals surface area contributed by atoms with Gasteiger partial charge in [0.1, 0.15) is 25.6 Å². The predicted molar refractivity (Wildman–Crippen MR) is 118 cm³/mol. The number of rotatable bonds is 6. The molecule has 10 heteroatoms. The van der Waals surface area contributed by atoms with Gasteiger partial charge in [-0.05, 0) is 48.5 Å². The van der Waals surface area contributed by atoms with E-state index in [9.17, 15) is 17.6 Å². The van der Waals surface area contributed by atoms with E-state index in [-0.39, 0.29) is 22.9 Å². The van der Waals surface area contributed by atoms with E-state index in [0.29, 0.717) is 23.1 Å². The van der Waals surface area contributed by atoms with Crippen molar-refractivity contribution in [3.05, 3.63) is 77.6 Å². The zero-order chi connectivity index (χ0) is 22.7. The van der Waals surface area contributed by atoms with Crippen molar-refractivity contribution in [2.75, 3.05) is 29.4 Å². The van der Waals surface area contributed by atoms with Gasteiger partial charge in [-0.15, -0.1) is 0 Å². The summed E-state index contributed by atoms with van der Waals surface area (Å²) in [6.07, 6.45) is 0. The van der Waals surface area contributed by atoms with Gasteiger partial charge >= 0.3 is 0 Å². The molecule has 0 unspecified atom stereocenters. The van der Waals surface area contributed by atoms with Gasteiger partial charge in [-0.2, -0.15) is 0 Å². The number of anilines is 2. The molecule has 0 spiro atoms. The summed E-state index contributed by atoms with van der Waals surface area (Å²) in [6, 6.07) is 15.6. The third-order valence-electron chi connectivity index (χ3n) is 4.59. The number of sulfonamides is 1. The lowest BCUT2D eigenvalue weighted by Crippen LogP contribution is -2.38. The molecule has 0 atom stereocenters. The number of nitrogens with zero attached hydrogens (tertiary/aromatic N) is 1. The second-order valence-corrected chi connectivity index (χ2v) is 9.15. The van der Waals surface area contributed by atoms with Crippen LogP contribution in [0.1, 0.15) is 0 Å². The first kappa shape index (κ1) is 21.9. The number of benzene rings is 3. The Morgan fingerprint density at radius 2 is 1.75 bits per heavy atom. The first-order valence-corrected chi connectivity index (χ1v) is 11.4. The number of halogens is 2. The maximum absolute atomic E-state index is 13.9. The van der Waals surface area contributed by atoms with Crippen LogP contribution in [0.5, 0.6) is 11.5 Å². The van der Waals surface area contributed by atoms with Gasteiger partial charge in [-0.25, -0.2) is 12.8 Å². The number of ether oxygens (including phenoxy) is 2. The quantitative estimate of drug-likeness (QED) is 0.579. The van der Waals surface area contributed by atoms with E-state index in [1.54, 1.807) is 18.2 Å². The molecule has 1 aliphatic rings. The summed E-state index contributed by atoms with van der Waals surface area (Å²) in [5.74, 6) is -0.566. The van der Waals surface area contributed by atoms with Gasteiger partial charge < -0.3 is 14.8 Å². The van der Waals surface area contributed by atoms with E-state index in [0.717, 1.165) is 10.4 Å². The minimum Gasteiger partial charge on any atom is -0.486 e. The fourth-order valence-electron chi connectivity index (χ4n) is 3.15. The normalized spacial score (nSPS) is 12.8. The highest BCUT2D eigenvalue weighted by molar-refractivity contribution is 7.92. The minimum atomic E-state index is -4.26. The highest BCUT2D eigenvalue weighted by Gasteiger charge is 2.29. The lowest BCUT2D eigenvalue weighted by atomic mass is 10.3. The molecular weight excluding hydrogens is 459 g/mol. The van der Waals surface area contributed by atoms with Crippen molar-refractivity contribution >= 4 is 38.9 Å². The molecule has 1 heterocycles. The largest absolute Gasteiger partial charge is 0.486 e. The number of carbonyl (C=O) groups is 1. The van der Waals surface area contributed by atoms with Crippen molar-refractivity contribution in [3.63, 3.8) is 0 Å². The van der Waals surface area contributed by atoms with E-state index >= 15 is 0 Å². The van der Waals surface area contributed by atoms with Crippen molar-refractivity contribution in [1.82, 2.24) is 0 Å². The highest BCUT2D eigenvalue weighted by atomic mass is 35.5. The Bertz CT molecular complexity index is 1270. The van der Waals surface area contributed by atoms with Crippen molar-refractivity contribution in [2.45, 2.75) is 4.90 Å². The SMILES string of the molecule is O=C(CN(c1cccc(F)c1)S(=O)(=O)c1ccc2c(c1)OCCO2)Nc1cccc(Cl)c1. The first-order chi connectivity index (χ1) is 15.3. The first-order valence-electron chi connectivity index (χ1n) is 9.56. The van der Waals surface area contributed by atoms with E-state index in [4.69, 9.17) is 21.1 Å². The third kappa shape index (κ3) is 4.79. The van der Waals surface area contributed by atoms with Gasteiger partial charge in [0, 0.05) is 16.8 Å². The minimum absolute atomic E-state index is 0.00105. The Kier molecular flexibility index (Phi) is 6.20. The number of hydrogen-bond donors (Lipinski definition) is 1. The molecule has 7 nitrogen and oxygen atoms in total. The van der Waals surface area contributed by atoms with Crippen molar-refractivity contribution < 1.29 is 27.1 Å². The summed E-state index contributed by atoms with van der Waals surface area (Å²) in [5.41, 5.74) is 0.402. The zero-order valence-corrected chi connectivity index (χ0v) is 18.2. The van der Waals surface area contributed by atoms with Gasteiger partial charge in [0.25, 0.3) is 10.0 Å². The maximum Gasteiger partial charge on any atom is 0.264 e. The van der Waals surface area contributed by atoms with Gasteiger partial charge in [-0.1, -0.05) is 23.7 Å². The number of fused-ring (bicyclic) bond motifs is 1. The standard InChI is InChI=1S/C22H18ClFN2O5S/c23-15-3-1-5-17(11-15)25-22(27)14-26(18-6-2-4-16(24)12-18)32(28,29)19-7-8-20-21(13-19)31-10-9-30-20/h1-8,11-13H,9-10,14H2,(H,25,27). The maximum atomic E-state index is 13.9. The molecular formula is C22H18ClFN2O5S. The van der Waals surface area contributed by atoms with Crippen LogP contribution in [-0.4, -0.2) is 34.1 Å². The molecule has 32 heavy (non-hydrogen) atoms. The lowest BCUT2D eigenvalue weighted by molar-refractivity contribution is -0.114. The average molecular weight is 477 g/mol. The van der Waals surface area contributed by atoms with Crippen LogP contribution in [0.25, 0.3) is 0 Å². The smallest absolute Gasteiger partial charge is 0.264 e. The fraction of sp³-hybridized carbons (Fsp3) is 0.136. The van der Waals surface area contributed by atoms with Crippen LogP contribution in [0.2, 0.25) is 5.02 Å². The number of hydrogen-bond acceptors (Lipinski definition) is 5. The Morgan fingerprint density at radius 1 is 1.00 bits per heavy atom. The van der Waals surface area contributed by atoms with E-state index < -0.39 is 28.3 Å². The number of amides is 1. The summed E-state index contributed by atoms with van der Waals surface area (Å²) in [6.45, 7) is 0.0527. The lowest BCUT2D eigenvalue weighted by Gasteiger charge is -2.25. The Morgan fingerprint density at radius 3 is 2.50 bits per heavy atom. The van der Waals surface area contributed by atoms with Gasteiger partial charge in [0.15, 0.2) is 11.5 Å². The van der Waals surface area contributed by atoms with Crippen LogP contribution < -0.4 is 19.1 Å². The van der Waals surface area contributed by atoms with E-state index in [1.807, 2.05) is 0 Å². The van der Waals surface area contributed by atoms with Crippen LogP contribution in [0.4, 0.5) is 15.8 Å². The molecule has 0 saturated heterocycles. The van der Waals surface area contributed by atoms with E-state index in [2.05, 4.69) is 5.32 Å². The number of carbonyl (C=O) groups excluding carboxylic acids is 1. The zero-order valence-electron chi connectivity index (χ0n) is 16.6. The van der Waals surface area contributed by atoms with Crippen LogP contribution in [0.15, 0.2) is 71.6 Å². The highest BCUT2D eigenvalue weighted by Crippen LogP contribution is 2.34. The Labute approximate surface area is 189 Å². The third-order valence-corrected chi connectivity index (χ3v) is 6.60. The number of nitrogens with one attached hydrogen (secondary N) is 1. The molecule has 4 rings (SSSR count). The Balaban J connectivity index is 1.68. The predicted octanol–water partition coefficient (Wildman–Crippen LogP) is 4.08. The monoisotopic (exact) mass is 476 g/mol. The second-order valence-electron chi connectivity index (χ2n) is 6.86. The van der Waals surface area contributed by atoms with Crippen molar-refractivity contribution in [3.8, 4) is 11.5 Å². The van der Waals surface area contributed by atoms with Crippen LogP contribution in [-0.2, 0) is 14.8 Å². The fourth-order valence-corrected chi connectivity index (χ4v) is 4.77. The molecule has 3 aromatic carbocycles. The average Bonchev–Trinajstić information content (AvgIpc) is 2.77. The van der Waals surface area contributed by atoms with Crippen LogP contribution in [0.3, 0.4) is 0 Å². The van der Waals surface area contributed by atoms with Gasteiger partial charge in [0.05, 0.1) is 10.6 Å². The molecule has 166 valence electrons. The molecule has 0 aliphatic carbocycles. The van der Waals surface area contributed by atoms with Crippen LogP contribution >= 0.6 is 11.6 Å². The molecule has 3 aromatic rings. The molecule has 0 aromatic heterocycles. The molecule has 0 radical (unpaired) electrons. The van der Waals surface area contributed by atoms with Crippen molar-refractivity contribution in [1.29, 1.82) is 0 Å². The van der Waals surface area contributed by atoms with Gasteiger partial charge in [-0.3, -0.25) is 9.10 Å². The summed E-state index contributed by atoms with van der Waals surface area (Å²) in [7, 11) is -4.26. The molecule has 1 aliphatic heterocycles. The van der Waals surface area contributed by atoms with Crippen LogP contribution in [0, 0.1) is 5.82 Å². The molecule has 0 saturated carbocycles. The summed E-state index contributed by atoms with van der Waals surface area (Å²) >= 11 is 5.94. The van der Waals surface area contributed by atoms with Crippen molar-refractivity contribution in [2.24, 2.45) is 0 Å². The van der Waals surface area contributed by atoms with Gasteiger partial charge in [0.2, 0.25) is 5.91 Å².